The molecule has 2 rings (SSSR count). The average Bonchev–Trinajstić information content (AvgIpc) is 2.15. The van der Waals surface area contributed by atoms with Crippen LogP contribution in [-0.4, -0.2) is 31.6 Å². The van der Waals surface area contributed by atoms with Crippen molar-refractivity contribution in [2.24, 2.45) is 5.41 Å². The van der Waals surface area contributed by atoms with Gasteiger partial charge in [0.1, 0.15) is 5.72 Å². The fraction of sp³-hybridized carbons (Fsp3) is 1.00. The molecule has 0 aromatic heterocycles. The van der Waals surface area contributed by atoms with Crippen LogP contribution in [0.1, 0.15) is 33.6 Å². The molecule has 3 heteroatoms. The molecule has 1 atom stereocenters. The van der Waals surface area contributed by atoms with Gasteiger partial charge in [0.2, 0.25) is 0 Å². The SMILES string of the molecule is CC1OC2(CCOCC2)NCC1(C)C. The minimum atomic E-state index is -0.0901. The van der Waals surface area contributed by atoms with Gasteiger partial charge < -0.3 is 9.47 Å². The van der Waals surface area contributed by atoms with E-state index in [-0.39, 0.29) is 11.1 Å². The van der Waals surface area contributed by atoms with Gasteiger partial charge in [-0.1, -0.05) is 13.8 Å². The van der Waals surface area contributed by atoms with Gasteiger partial charge in [-0.05, 0) is 6.92 Å². The van der Waals surface area contributed by atoms with Gasteiger partial charge in [-0.15, -0.1) is 0 Å². The summed E-state index contributed by atoms with van der Waals surface area (Å²) in [4.78, 5) is 0. The molecule has 0 aromatic rings. The fourth-order valence-electron chi connectivity index (χ4n) is 2.07. The quantitative estimate of drug-likeness (QED) is 0.641. The Bertz CT molecular complexity index is 209. The lowest BCUT2D eigenvalue weighted by Crippen LogP contribution is -2.62. The topological polar surface area (TPSA) is 30.5 Å². The van der Waals surface area contributed by atoms with E-state index >= 15 is 0 Å². The molecule has 0 aliphatic carbocycles. The van der Waals surface area contributed by atoms with Gasteiger partial charge in [0.05, 0.1) is 19.3 Å². The Kier molecular flexibility index (Phi) is 2.58. The fourth-order valence-corrected chi connectivity index (χ4v) is 2.07. The molecular formula is C11H21NO2. The first-order valence-electron chi connectivity index (χ1n) is 5.55. The molecule has 82 valence electrons. The molecule has 2 saturated heterocycles. The van der Waals surface area contributed by atoms with Crippen LogP contribution in [0, 0.1) is 5.41 Å². The lowest BCUT2D eigenvalue weighted by Gasteiger charge is -2.50. The first kappa shape index (κ1) is 10.4. The maximum absolute atomic E-state index is 6.14. The Morgan fingerprint density at radius 3 is 2.43 bits per heavy atom. The van der Waals surface area contributed by atoms with E-state index in [1.165, 1.54) is 0 Å². The van der Waals surface area contributed by atoms with Crippen LogP contribution in [0.25, 0.3) is 0 Å². The normalized spacial score (nSPS) is 35.8. The van der Waals surface area contributed by atoms with Crippen LogP contribution in [0.5, 0.6) is 0 Å². The van der Waals surface area contributed by atoms with Crippen molar-refractivity contribution in [3.63, 3.8) is 0 Å². The molecule has 0 bridgehead atoms. The van der Waals surface area contributed by atoms with Crippen molar-refractivity contribution in [2.45, 2.75) is 45.4 Å². The summed E-state index contributed by atoms with van der Waals surface area (Å²) >= 11 is 0. The summed E-state index contributed by atoms with van der Waals surface area (Å²) in [5, 5.41) is 3.55. The first-order valence-corrected chi connectivity index (χ1v) is 5.55. The molecule has 1 N–H and O–H groups in total. The number of hydrogen-bond donors (Lipinski definition) is 1. The van der Waals surface area contributed by atoms with Gasteiger partial charge in [-0.25, -0.2) is 0 Å². The highest BCUT2D eigenvalue weighted by Gasteiger charge is 2.43. The van der Waals surface area contributed by atoms with E-state index in [1.54, 1.807) is 0 Å². The lowest BCUT2D eigenvalue weighted by molar-refractivity contribution is -0.211. The molecule has 0 radical (unpaired) electrons. The number of rotatable bonds is 0. The zero-order valence-electron chi connectivity index (χ0n) is 9.43. The summed E-state index contributed by atoms with van der Waals surface area (Å²) in [5.74, 6) is 0. The highest BCUT2D eigenvalue weighted by Crippen LogP contribution is 2.35. The van der Waals surface area contributed by atoms with Crippen LogP contribution < -0.4 is 5.32 Å². The number of nitrogens with one attached hydrogen (secondary N) is 1. The summed E-state index contributed by atoms with van der Waals surface area (Å²) in [5.41, 5.74) is 0.150. The van der Waals surface area contributed by atoms with E-state index in [4.69, 9.17) is 9.47 Å². The summed E-state index contributed by atoms with van der Waals surface area (Å²) in [6.07, 6.45) is 2.28. The van der Waals surface area contributed by atoms with Crippen molar-refractivity contribution in [1.82, 2.24) is 5.32 Å². The van der Waals surface area contributed by atoms with Crippen LogP contribution in [0.4, 0.5) is 0 Å². The third-order valence-electron chi connectivity index (χ3n) is 3.67. The van der Waals surface area contributed by atoms with Gasteiger partial charge in [-0.2, -0.15) is 0 Å². The van der Waals surface area contributed by atoms with Crippen LogP contribution in [-0.2, 0) is 9.47 Å². The monoisotopic (exact) mass is 199 g/mol. The second-order valence-corrected chi connectivity index (χ2v) is 5.21. The van der Waals surface area contributed by atoms with Crippen molar-refractivity contribution in [1.29, 1.82) is 0 Å². The zero-order chi connectivity index (χ0) is 10.2. The molecule has 14 heavy (non-hydrogen) atoms. The summed E-state index contributed by atoms with van der Waals surface area (Å²) in [6.45, 7) is 9.35. The van der Waals surface area contributed by atoms with E-state index < -0.39 is 0 Å². The molecule has 2 fully saturated rings. The molecule has 0 aromatic carbocycles. The lowest BCUT2D eigenvalue weighted by atomic mass is 9.83. The highest BCUT2D eigenvalue weighted by atomic mass is 16.5. The van der Waals surface area contributed by atoms with Crippen molar-refractivity contribution < 1.29 is 9.47 Å². The summed E-state index contributed by atoms with van der Waals surface area (Å²) in [7, 11) is 0. The second kappa shape index (κ2) is 3.47. The molecule has 3 nitrogen and oxygen atoms in total. The second-order valence-electron chi connectivity index (χ2n) is 5.21. The average molecular weight is 199 g/mol. The smallest absolute Gasteiger partial charge is 0.124 e. The largest absolute Gasteiger partial charge is 0.381 e. The maximum atomic E-state index is 6.14. The molecule has 1 spiro atoms. The van der Waals surface area contributed by atoms with E-state index in [1.807, 2.05) is 0 Å². The Morgan fingerprint density at radius 2 is 1.86 bits per heavy atom. The van der Waals surface area contributed by atoms with E-state index in [0.29, 0.717) is 6.10 Å². The van der Waals surface area contributed by atoms with Gasteiger partial charge >= 0.3 is 0 Å². The Balaban J connectivity index is 2.03. The number of ether oxygens (including phenoxy) is 2. The van der Waals surface area contributed by atoms with Crippen LogP contribution in [0.3, 0.4) is 0 Å². The van der Waals surface area contributed by atoms with E-state index in [9.17, 15) is 0 Å². The third-order valence-corrected chi connectivity index (χ3v) is 3.67. The molecule has 2 aliphatic rings. The maximum Gasteiger partial charge on any atom is 0.124 e. The van der Waals surface area contributed by atoms with Crippen LogP contribution >= 0.6 is 0 Å². The Labute approximate surface area is 86.2 Å². The van der Waals surface area contributed by atoms with Gasteiger partial charge in [0.25, 0.3) is 0 Å². The summed E-state index contributed by atoms with van der Waals surface area (Å²) < 4.78 is 11.5. The minimum Gasteiger partial charge on any atom is -0.381 e. The predicted octanol–water partition coefficient (Wildman–Crippen LogP) is 1.53. The molecule has 0 amide bonds. The van der Waals surface area contributed by atoms with E-state index in [0.717, 1.165) is 32.6 Å². The molecule has 2 heterocycles. The highest BCUT2D eigenvalue weighted by molar-refractivity contribution is 4.92. The van der Waals surface area contributed by atoms with E-state index in [2.05, 4.69) is 26.1 Å². The van der Waals surface area contributed by atoms with Gasteiger partial charge in [-0.3, -0.25) is 5.32 Å². The van der Waals surface area contributed by atoms with Crippen molar-refractivity contribution in [2.75, 3.05) is 19.8 Å². The molecule has 1 unspecified atom stereocenters. The van der Waals surface area contributed by atoms with Gasteiger partial charge in [0, 0.05) is 24.8 Å². The number of hydrogen-bond acceptors (Lipinski definition) is 3. The third kappa shape index (κ3) is 1.81. The zero-order valence-corrected chi connectivity index (χ0v) is 9.43. The summed E-state index contributed by atoms with van der Waals surface area (Å²) in [6, 6.07) is 0. The predicted molar refractivity (Wildman–Crippen MR) is 55.1 cm³/mol. The van der Waals surface area contributed by atoms with Crippen molar-refractivity contribution in [3.8, 4) is 0 Å². The van der Waals surface area contributed by atoms with Gasteiger partial charge in [0.15, 0.2) is 0 Å². The molecule has 0 saturated carbocycles. The molecule has 2 aliphatic heterocycles. The van der Waals surface area contributed by atoms with Crippen LogP contribution in [0.2, 0.25) is 0 Å². The Morgan fingerprint density at radius 1 is 1.21 bits per heavy atom. The van der Waals surface area contributed by atoms with Crippen LogP contribution in [0.15, 0.2) is 0 Å². The standard InChI is InChI=1S/C11H21NO2/c1-9-10(2,3)8-12-11(14-9)4-6-13-7-5-11/h9,12H,4-8H2,1-3H3. The Hall–Kier alpha value is -0.120. The molecular weight excluding hydrogens is 178 g/mol. The minimum absolute atomic E-state index is 0.0901. The van der Waals surface area contributed by atoms with Crippen molar-refractivity contribution >= 4 is 0 Å². The van der Waals surface area contributed by atoms with Crippen molar-refractivity contribution in [3.05, 3.63) is 0 Å². The first-order chi connectivity index (χ1) is 6.54.